The first kappa shape index (κ1) is 8.67. The van der Waals surface area contributed by atoms with Crippen LogP contribution in [0.25, 0.3) is 0 Å². The third kappa shape index (κ3) is 2.03. The Kier molecular flexibility index (Phi) is 2.76. The highest BCUT2D eigenvalue weighted by atomic mass is 16.2. The Morgan fingerprint density at radius 3 is 3.00 bits per heavy atom. The van der Waals surface area contributed by atoms with Crippen molar-refractivity contribution in [1.82, 2.24) is 4.98 Å². The average molecular weight is 166 g/mol. The lowest BCUT2D eigenvalue weighted by Crippen LogP contribution is -2.13. The van der Waals surface area contributed by atoms with Crippen LogP contribution in [0.5, 0.6) is 0 Å². The van der Waals surface area contributed by atoms with Crippen LogP contribution in [0, 0.1) is 0 Å². The molecule has 0 spiro atoms. The number of aliphatic hydroxyl groups excluding tert-OH is 1. The van der Waals surface area contributed by atoms with Crippen LogP contribution in [0.15, 0.2) is 18.3 Å². The fourth-order valence-electron chi connectivity index (χ4n) is 0.894. The number of carbonyl (C=O) groups excluding carboxylic acids is 1. The van der Waals surface area contributed by atoms with Crippen molar-refractivity contribution in [2.75, 3.05) is 6.61 Å². The number of pyridine rings is 1. The molecule has 4 heteroatoms. The van der Waals surface area contributed by atoms with Crippen LogP contribution in [-0.4, -0.2) is 22.6 Å². The van der Waals surface area contributed by atoms with E-state index in [4.69, 9.17) is 10.8 Å². The number of nitrogens with two attached hydrogens (primary N) is 1. The molecule has 0 aliphatic carbocycles. The first-order valence-electron chi connectivity index (χ1n) is 3.59. The van der Waals surface area contributed by atoms with Crippen LogP contribution in [0.4, 0.5) is 0 Å². The van der Waals surface area contributed by atoms with E-state index in [1.54, 1.807) is 12.1 Å². The minimum atomic E-state index is -0.546. The van der Waals surface area contributed by atoms with Gasteiger partial charge in [0.05, 0.1) is 0 Å². The maximum Gasteiger partial charge on any atom is 0.267 e. The molecule has 64 valence electrons. The molecule has 0 unspecified atom stereocenters. The summed E-state index contributed by atoms with van der Waals surface area (Å²) in [6.45, 7) is 0.0578. The fourth-order valence-corrected chi connectivity index (χ4v) is 0.894. The summed E-state index contributed by atoms with van der Waals surface area (Å²) in [7, 11) is 0. The number of aliphatic hydroxyl groups is 1. The van der Waals surface area contributed by atoms with Crippen LogP contribution < -0.4 is 5.73 Å². The number of carbonyl (C=O) groups is 1. The number of nitrogens with zero attached hydrogens (tertiary/aromatic N) is 1. The maximum absolute atomic E-state index is 10.7. The van der Waals surface area contributed by atoms with E-state index in [-0.39, 0.29) is 12.3 Å². The third-order valence-electron chi connectivity index (χ3n) is 1.48. The third-order valence-corrected chi connectivity index (χ3v) is 1.48. The molecule has 0 aliphatic heterocycles. The van der Waals surface area contributed by atoms with Gasteiger partial charge in [0.15, 0.2) is 0 Å². The van der Waals surface area contributed by atoms with Crippen molar-refractivity contribution in [1.29, 1.82) is 0 Å². The molecule has 3 N–H and O–H groups in total. The number of hydrogen-bond acceptors (Lipinski definition) is 3. The quantitative estimate of drug-likeness (QED) is 0.648. The largest absolute Gasteiger partial charge is 0.396 e. The van der Waals surface area contributed by atoms with Gasteiger partial charge in [0, 0.05) is 12.8 Å². The number of primary amides is 1. The Morgan fingerprint density at radius 1 is 1.67 bits per heavy atom. The van der Waals surface area contributed by atoms with Gasteiger partial charge in [-0.15, -0.1) is 0 Å². The van der Waals surface area contributed by atoms with E-state index in [2.05, 4.69) is 4.98 Å². The van der Waals surface area contributed by atoms with Crippen molar-refractivity contribution in [2.45, 2.75) is 6.42 Å². The number of hydrogen-bond donors (Lipinski definition) is 2. The van der Waals surface area contributed by atoms with Crippen molar-refractivity contribution >= 4 is 5.91 Å². The van der Waals surface area contributed by atoms with E-state index in [0.29, 0.717) is 6.42 Å². The molecule has 0 bridgehead atoms. The Hall–Kier alpha value is -1.42. The Morgan fingerprint density at radius 2 is 2.42 bits per heavy atom. The highest BCUT2D eigenvalue weighted by Crippen LogP contribution is 2.01. The molecule has 1 heterocycles. The number of amides is 1. The standard InChI is InChI=1S/C8H10N2O2/c9-8(12)7-5-6(2-4-11)1-3-10-7/h1,3,5,11H,2,4H2,(H2,9,12). The van der Waals surface area contributed by atoms with Gasteiger partial charge in [0.2, 0.25) is 0 Å². The summed E-state index contributed by atoms with van der Waals surface area (Å²) in [6.07, 6.45) is 2.02. The van der Waals surface area contributed by atoms with Gasteiger partial charge in [-0.25, -0.2) is 0 Å². The summed E-state index contributed by atoms with van der Waals surface area (Å²) >= 11 is 0. The van der Waals surface area contributed by atoms with Gasteiger partial charge in [-0.1, -0.05) is 0 Å². The molecule has 0 aromatic carbocycles. The van der Waals surface area contributed by atoms with Crippen molar-refractivity contribution in [2.24, 2.45) is 5.73 Å². The zero-order valence-electron chi connectivity index (χ0n) is 6.53. The second kappa shape index (κ2) is 3.82. The van der Waals surface area contributed by atoms with Crippen LogP contribution in [-0.2, 0) is 6.42 Å². The lowest BCUT2D eigenvalue weighted by atomic mass is 10.2. The summed E-state index contributed by atoms with van der Waals surface area (Å²) in [6, 6.07) is 3.32. The van der Waals surface area contributed by atoms with E-state index in [9.17, 15) is 4.79 Å². The van der Waals surface area contributed by atoms with Crippen molar-refractivity contribution in [3.63, 3.8) is 0 Å². The Labute approximate surface area is 70.0 Å². The molecule has 0 aliphatic rings. The molecule has 12 heavy (non-hydrogen) atoms. The van der Waals surface area contributed by atoms with Crippen molar-refractivity contribution in [3.05, 3.63) is 29.6 Å². The zero-order valence-corrected chi connectivity index (χ0v) is 6.53. The number of aromatic nitrogens is 1. The van der Waals surface area contributed by atoms with E-state index in [1.807, 2.05) is 0 Å². The van der Waals surface area contributed by atoms with Crippen LogP contribution in [0.2, 0.25) is 0 Å². The molecule has 1 amide bonds. The smallest absolute Gasteiger partial charge is 0.267 e. The monoisotopic (exact) mass is 166 g/mol. The van der Waals surface area contributed by atoms with E-state index >= 15 is 0 Å². The maximum atomic E-state index is 10.7. The van der Waals surface area contributed by atoms with Gasteiger partial charge in [0.25, 0.3) is 5.91 Å². The predicted octanol–water partition coefficient (Wildman–Crippen LogP) is -0.285. The molecule has 0 fully saturated rings. The summed E-state index contributed by atoms with van der Waals surface area (Å²) in [5.74, 6) is -0.546. The zero-order chi connectivity index (χ0) is 8.97. The Balaban J connectivity index is 2.88. The molecule has 0 saturated carbocycles. The van der Waals surface area contributed by atoms with Crippen molar-refractivity contribution < 1.29 is 9.90 Å². The van der Waals surface area contributed by atoms with E-state index in [0.717, 1.165) is 5.56 Å². The van der Waals surface area contributed by atoms with Gasteiger partial charge in [-0.3, -0.25) is 9.78 Å². The molecule has 1 rings (SSSR count). The summed E-state index contributed by atoms with van der Waals surface area (Å²) in [5, 5.41) is 8.61. The van der Waals surface area contributed by atoms with Crippen molar-refractivity contribution in [3.8, 4) is 0 Å². The summed E-state index contributed by atoms with van der Waals surface area (Å²) in [5.41, 5.74) is 6.11. The molecule has 1 aromatic heterocycles. The fraction of sp³-hybridized carbons (Fsp3) is 0.250. The van der Waals surface area contributed by atoms with Gasteiger partial charge in [-0.2, -0.15) is 0 Å². The molecule has 4 nitrogen and oxygen atoms in total. The number of rotatable bonds is 3. The van der Waals surface area contributed by atoms with Gasteiger partial charge in [-0.05, 0) is 24.1 Å². The second-order valence-electron chi connectivity index (χ2n) is 2.39. The van der Waals surface area contributed by atoms with Gasteiger partial charge < -0.3 is 10.8 Å². The minimum absolute atomic E-state index is 0.0578. The molecule has 0 atom stereocenters. The predicted molar refractivity (Wildman–Crippen MR) is 43.5 cm³/mol. The highest BCUT2D eigenvalue weighted by Gasteiger charge is 2.01. The minimum Gasteiger partial charge on any atom is -0.396 e. The van der Waals surface area contributed by atoms with E-state index < -0.39 is 5.91 Å². The first-order chi connectivity index (χ1) is 5.74. The molecular formula is C8H10N2O2. The summed E-state index contributed by atoms with van der Waals surface area (Å²) in [4.78, 5) is 14.4. The molecule has 1 aromatic rings. The topological polar surface area (TPSA) is 76.2 Å². The van der Waals surface area contributed by atoms with Gasteiger partial charge in [0.1, 0.15) is 5.69 Å². The average Bonchev–Trinajstić information content (AvgIpc) is 2.05. The summed E-state index contributed by atoms with van der Waals surface area (Å²) < 4.78 is 0. The first-order valence-corrected chi connectivity index (χ1v) is 3.59. The van der Waals surface area contributed by atoms with Crippen LogP contribution in [0.1, 0.15) is 16.1 Å². The second-order valence-corrected chi connectivity index (χ2v) is 2.39. The lowest BCUT2D eigenvalue weighted by molar-refractivity contribution is 0.0995. The lowest BCUT2D eigenvalue weighted by Gasteiger charge is -1.98. The van der Waals surface area contributed by atoms with Gasteiger partial charge >= 0.3 is 0 Å². The van der Waals surface area contributed by atoms with Crippen LogP contribution >= 0.6 is 0 Å². The Bertz CT molecular complexity index is 286. The SMILES string of the molecule is NC(=O)c1cc(CCO)ccn1. The molecule has 0 radical (unpaired) electrons. The highest BCUT2D eigenvalue weighted by molar-refractivity contribution is 5.90. The normalized spacial score (nSPS) is 9.75. The molecular weight excluding hydrogens is 156 g/mol. The van der Waals surface area contributed by atoms with Crippen LogP contribution in [0.3, 0.4) is 0 Å². The van der Waals surface area contributed by atoms with E-state index in [1.165, 1.54) is 6.20 Å². The molecule has 0 saturated heterocycles.